The molecular formula is C14H17Cl2FN2O. The van der Waals surface area contributed by atoms with Crippen LogP contribution >= 0.6 is 23.2 Å². The SMILES string of the molecule is COCC(C(C)C)n1c(CCl)nc2cc(F)c(Cl)cc21. The lowest BCUT2D eigenvalue weighted by Crippen LogP contribution is -2.22. The van der Waals surface area contributed by atoms with Gasteiger partial charge in [0.2, 0.25) is 0 Å². The van der Waals surface area contributed by atoms with E-state index in [0.29, 0.717) is 23.9 Å². The Labute approximate surface area is 127 Å². The Balaban J connectivity index is 2.68. The fourth-order valence-corrected chi connectivity index (χ4v) is 2.69. The van der Waals surface area contributed by atoms with Gasteiger partial charge in [-0.25, -0.2) is 9.37 Å². The van der Waals surface area contributed by atoms with Gasteiger partial charge < -0.3 is 9.30 Å². The van der Waals surface area contributed by atoms with Gasteiger partial charge in [-0.3, -0.25) is 0 Å². The molecule has 0 fully saturated rings. The number of benzene rings is 1. The summed E-state index contributed by atoms with van der Waals surface area (Å²) in [5.41, 5.74) is 1.34. The largest absolute Gasteiger partial charge is 0.383 e. The summed E-state index contributed by atoms with van der Waals surface area (Å²) in [6, 6.07) is 3.01. The Hall–Kier alpha value is -0.840. The number of methoxy groups -OCH3 is 1. The smallest absolute Gasteiger partial charge is 0.144 e. The first-order chi connectivity index (χ1) is 9.49. The number of rotatable bonds is 5. The zero-order chi connectivity index (χ0) is 14.9. The zero-order valence-electron chi connectivity index (χ0n) is 11.7. The van der Waals surface area contributed by atoms with E-state index in [4.69, 9.17) is 27.9 Å². The van der Waals surface area contributed by atoms with E-state index in [0.717, 1.165) is 5.52 Å². The summed E-state index contributed by atoms with van der Waals surface area (Å²) >= 11 is 11.9. The van der Waals surface area contributed by atoms with E-state index in [1.807, 2.05) is 4.57 Å². The molecule has 0 radical (unpaired) electrons. The maximum Gasteiger partial charge on any atom is 0.144 e. The second-order valence-electron chi connectivity index (χ2n) is 5.05. The number of ether oxygens (including phenoxy) is 1. The maximum atomic E-state index is 13.6. The Morgan fingerprint density at radius 1 is 1.40 bits per heavy atom. The van der Waals surface area contributed by atoms with Crippen molar-refractivity contribution in [3.63, 3.8) is 0 Å². The van der Waals surface area contributed by atoms with Crippen molar-refractivity contribution < 1.29 is 9.13 Å². The Bertz CT molecular complexity index is 613. The molecule has 1 aromatic carbocycles. The van der Waals surface area contributed by atoms with E-state index < -0.39 is 5.82 Å². The van der Waals surface area contributed by atoms with Gasteiger partial charge in [-0.15, -0.1) is 11.6 Å². The Kier molecular flexibility index (Phi) is 4.89. The van der Waals surface area contributed by atoms with E-state index in [9.17, 15) is 4.39 Å². The van der Waals surface area contributed by atoms with E-state index in [1.54, 1.807) is 13.2 Å². The molecule has 0 aliphatic carbocycles. The van der Waals surface area contributed by atoms with Crippen molar-refractivity contribution >= 4 is 34.2 Å². The summed E-state index contributed by atoms with van der Waals surface area (Å²) in [5, 5.41) is 0.0831. The number of halogens is 3. The molecule has 1 unspecified atom stereocenters. The molecular weight excluding hydrogens is 302 g/mol. The summed E-state index contributed by atoms with van der Waals surface area (Å²) in [6.45, 7) is 4.72. The molecule has 1 aromatic heterocycles. The number of nitrogens with zero attached hydrogens (tertiary/aromatic N) is 2. The first-order valence-electron chi connectivity index (χ1n) is 6.40. The van der Waals surface area contributed by atoms with Crippen molar-refractivity contribution in [2.75, 3.05) is 13.7 Å². The standard InChI is InChI=1S/C14H17Cl2FN2O/c1-8(2)13(7-20-3)19-12-4-9(16)10(17)5-11(12)18-14(19)6-15/h4-5,8,13H,6-7H2,1-3H3. The van der Waals surface area contributed by atoms with Crippen molar-refractivity contribution in [1.82, 2.24) is 9.55 Å². The molecule has 0 amide bonds. The topological polar surface area (TPSA) is 27.1 Å². The summed E-state index contributed by atoms with van der Waals surface area (Å²) in [5.74, 6) is 0.788. The molecule has 6 heteroatoms. The van der Waals surface area contributed by atoms with Crippen LogP contribution < -0.4 is 0 Å². The molecule has 20 heavy (non-hydrogen) atoms. The zero-order valence-corrected chi connectivity index (χ0v) is 13.2. The number of alkyl halides is 1. The minimum atomic E-state index is -0.474. The van der Waals surface area contributed by atoms with Gasteiger partial charge in [-0.05, 0) is 12.0 Å². The normalized spacial score (nSPS) is 13.3. The lowest BCUT2D eigenvalue weighted by molar-refractivity contribution is 0.134. The van der Waals surface area contributed by atoms with Crippen LogP contribution in [-0.2, 0) is 10.6 Å². The summed E-state index contributed by atoms with van der Waals surface area (Å²) in [4.78, 5) is 4.40. The van der Waals surface area contributed by atoms with Crippen LogP contribution in [0.15, 0.2) is 12.1 Å². The van der Waals surface area contributed by atoms with Gasteiger partial charge in [0.1, 0.15) is 11.6 Å². The van der Waals surface area contributed by atoms with Crippen LogP contribution in [0.25, 0.3) is 11.0 Å². The molecule has 0 aliphatic rings. The summed E-state index contributed by atoms with van der Waals surface area (Å²) < 4.78 is 20.9. The first-order valence-corrected chi connectivity index (χ1v) is 7.31. The molecule has 0 aliphatic heterocycles. The van der Waals surface area contributed by atoms with Gasteiger partial charge in [0.25, 0.3) is 0 Å². The monoisotopic (exact) mass is 318 g/mol. The van der Waals surface area contributed by atoms with Gasteiger partial charge >= 0.3 is 0 Å². The molecule has 0 saturated carbocycles. The second-order valence-corrected chi connectivity index (χ2v) is 5.73. The highest BCUT2D eigenvalue weighted by Gasteiger charge is 2.22. The Morgan fingerprint density at radius 2 is 2.10 bits per heavy atom. The molecule has 0 N–H and O–H groups in total. The van der Waals surface area contributed by atoms with Gasteiger partial charge in [-0.1, -0.05) is 25.4 Å². The molecule has 0 bridgehead atoms. The molecule has 0 saturated heterocycles. The van der Waals surface area contributed by atoms with Gasteiger partial charge in [-0.2, -0.15) is 0 Å². The minimum Gasteiger partial charge on any atom is -0.383 e. The number of aromatic nitrogens is 2. The van der Waals surface area contributed by atoms with E-state index >= 15 is 0 Å². The van der Waals surface area contributed by atoms with Crippen molar-refractivity contribution in [2.45, 2.75) is 25.8 Å². The lowest BCUT2D eigenvalue weighted by atomic mass is 10.0. The third-order valence-electron chi connectivity index (χ3n) is 3.36. The summed E-state index contributed by atoms with van der Waals surface area (Å²) in [6.07, 6.45) is 0. The van der Waals surface area contributed by atoms with Crippen molar-refractivity contribution in [3.05, 3.63) is 28.8 Å². The number of hydrogen-bond donors (Lipinski definition) is 0. The van der Waals surface area contributed by atoms with Gasteiger partial charge in [0.05, 0.1) is 34.6 Å². The molecule has 2 rings (SSSR count). The molecule has 1 heterocycles. The molecule has 2 aromatic rings. The van der Waals surface area contributed by atoms with Gasteiger partial charge in [0.15, 0.2) is 0 Å². The average molecular weight is 319 g/mol. The van der Waals surface area contributed by atoms with Crippen LogP contribution in [0.4, 0.5) is 4.39 Å². The fraction of sp³-hybridized carbons (Fsp3) is 0.500. The second kappa shape index (κ2) is 6.29. The number of fused-ring (bicyclic) bond motifs is 1. The van der Waals surface area contributed by atoms with Crippen molar-refractivity contribution in [3.8, 4) is 0 Å². The van der Waals surface area contributed by atoms with Crippen LogP contribution in [0.3, 0.4) is 0 Å². The van der Waals surface area contributed by atoms with Crippen LogP contribution in [-0.4, -0.2) is 23.3 Å². The lowest BCUT2D eigenvalue weighted by Gasteiger charge is -2.24. The van der Waals surface area contributed by atoms with Crippen molar-refractivity contribution in [2.24, 2.45) is 5.92 Å². The number of imidazole rings is 1. The van der Waals surface area contributed by atoms with E-state index in [1.165, 1.54) is 6.07 Å². The van der Waals surface area contributed by atoms with E-state index in [-0.39, 0.29) is 16.9 Å². The molecule has 1 atom stereocenters. The van der Waals surface area contributed by atoms with Crippen LogP contribution in [0, 0.1) is 11.7 Å². The fourth-order valence-electron chi connectivity index (χ4n) is 2.34. The van der Waals surface area contributed by atoms with Crippen LogP contribution in [0.1, 0.15) is 25.7 Å². The minimum absolute atomic E-state index is 0.0697. The Morgan fingerprint density at radius 3 is 2.65 bits per heavy atom. The predicted molar refractivity (Wildman–Crippen MR) is 80.0 cm³/mol. The predicted octanol–water partition coefficient (Wildman–Crippen LogP) is 4.41. The summed E-state index contributed by atoms with van der Waals surface area (Å²) in [7, 11) is 1.65. The molecule has 0 spiro atoms. The highest BCUT2D eigenvalue weighted by molar-refractivity contribution is 6.31. The highest BCUT2D eigenvalue weighted by atomic mass is 35.5. The third kappa shape index (κ3) is 2.78. The quantitative estimate of drug-likeness (QED) is 0.763. The van der Waals surface area contributed by atoms with Crippen LogP contribution in [0.2, 0.25) is 5.02 Å². The number of hydrogen-bond acceptors (Lipinski definition) is 2. The third-order valence-corrected chi connectivity index (χ3v) is 3.89. The van der Waals surface area contributed by atoms with Crippen LogP contribution in [0.5, 0.6) is 0 Å². The van der Waals surface area contributed by atoms with Gasteiger partial charge in [0, 0.05) is 13.2 Å². The first kappa shape index (κ1) is 15.5. The highest BCUT2D eigenvalue weighted by Crippen LogP contribution is 2.30. The molecule has 110 valence electrons. The molecule has 3 nitrogen and oxygen atoms in total. The average Bonchev–Trinajstić information content (AvgIpc) is 2.74. The van der Waals surface area contributed by atoms with E-state index in [2.05, 4.69) is 18.8 Å². The maximum absolute atomic E-state index is 13.6. The van der Waals surface area contributed by atoms with Crippen molar-refractivity contribution in [1.29, 1.82) is 0 Å².